The number of furan rings is 1. The van der Waals surface area contributed by atoms with Crippen molar-refractivity contribution in [3.05, 3.63) is 53.5 Å². The molecule has 0 bridgehead atoms. The van der Waals surface area contributed by atoms with E-state index >= 15 is 0 Å². The van der Waals surface area contributed by atoms with Crippen LogP contribution in [-0.4, -0.2) is 13.2 Å². The Kier molecular flexibility index (Phi) is 4.07. The van der Waals surface area contributed by atoms with Gasteiger partial charge in [-0.15, -0.1) is 0 Å². The molecule has 0 fully saturated rings. The Morgan fingerprint density at radius 2 is 2.25 bits per heavy atom. The number of fused-ring (bicyclic) bond motifs is 1. The highest BCUT2D eigenvalue weighted by molar-refractivity contribution is 5.39. The minimum atomic E-state index is 0.291. The fraction of sp³-hybridized carbons (Fsp3) is 0.412. The van der Waals surface area contributed by atoms with Crippen LogP contribution in [0.4, 0.5) is 0 Å². The molecule has 3 heteroatoms. The third-order valence-corrected chi connectivity index (χ3v) is 3.81. The van der Waals surface area contributed by atoms with Crippen LogP contribution in [0.15, 0.2) is 41.0 Å². The monoisotopic (exact) mass is 271 g/mol. The molecule has 1 N–H and O–H groups in total. The van der Waals surface area contributed by atoms with Crippen molar-refractivity contribution in [1.82, 2.24) is 5.32 Å². The van der Waals surface area contributed by atoms with Crippen molar-refractivity contribution >= 4 is 0 Å². The van der Waals surface area contributed by atoms with E-state index in [1.165, 1.54) is 11.1 Å². The van der Waals surface area contributed by atoms with E-state index in [1.54, 1.807) is 6.26 Å². The molecule has 0 spiro atoms. The number of hydrogen-bond acceptors (Lipinski definition) is 3. The number of nitrogens with one attached hydrogen (secondary N) is 1. The van der Waals surface area contributed by atoms with Gasteiger partial charge in [-0.25, -0.2) is 0 Å². The number of aryl methyl sites for hydroxylation is 1. The lowest BCUT2D eigenvalue weighted by Gasteiger charge is -2.15. The SMILES string of the molecule is CCNC(CCc1ccc2c(c1)CCO2)c1ccco1. The summed E-state index contributed by atoms with van der Waals surface area (Å²) in [5, 5.41) is 3.49. The van der Waals surface area contributed by atoms with Gasteiger partial charge in [0, 0.05) is 6.42 Å². The first-order valence-corrected chi connectivity index (χ1v) is 7.38. The van der Waals surface area contributed by atoms with E-state index in [0.29, 0.717) is 6.04 Å². The van der Waals surface area contributed by atoms with E-state index in [9.17, 15) is 0 Å². The van der Waals surface area contributed by atoms with E-state index in [2.05, 4.69) is 30.4 Å². The molecule has 1 aliphatic heterocycles. The lowest BCUT2D eigenvalue weighted by molar-refractivity contribution is 0.357. The largest absolute Gasteiger partial charge is 0.493 e. The molecular weight excluding hydrogens is 250 g/mol. The standard InChI is InChI=1S/C17H21NO2/c1-2-18-15(17-4-3-10-19-17)7-5-13-6-8-16-14(12-13)9-11-20-16/h3-4,6,8,10,12,15,18H,2,5,7,9,11H2,1H3. The second-order valence-corrected chi connectivity index (χ2v) is 5.20. The summed E-state index contributed by atoms with van der Waals surface area (Å²) in [5.41, 5.74) is 2.73. The summed E-state index contributed by atoms with van der Waals surface area (Å²) >= 11 is 0. The molecule has 106 valence electrons. The van der Waals surface area contributed by atoms with Gasteiger partial charge in [0.1, 0.15) is 11.5 Å². The number of hydrogen-bond donors (Lipinski definition) is 1. The van der Waals surface area contributed by atoms with Gasteiger partial charge in [0.15, 0.2) is 0 Å². The topological polar surface area (TPSA) is 34.4 Å². The van der Waals surface area contributed by atoms with Crippen LogP contribution in [0.3, 0.4) is 0 Å². The Morgan fingerprint density at radius 3 is 3.05 bits per heavy atom. The van der Waals surface area contributed by atoms with E-state index in [-0.39, 0.29) is 0 Å². The van der Waals surface area contributed by atoms with Gasteiger partial charge in [0.05, 0.1) is 18.9 Å². The van der Waals surface area contributed by atoms with Crippen molar-refractivity contribution < 1.29 is 9.15 Å². The third-order valence-electron chi connectivity index (χ3n) is 3.81. The van der Waals surface area contributed by atoms with Crippen LogP contribution in [-0.2, 0) is 12.8 Å². The van der Waals surface area contributed by atoms with Crippen LogP contribution in [0.2, 0.25) is 0 Å². The summed E-state index contributed by atoms with van der Waals surface area (Å²) in [6.07, 6.45) is 4.87. The number of ether oxygens (including phenoxy) is 1. The Balaban J connectivity index is 1.65. The first-order chi connectivity index (χ1) is 9.86. The van der Waals surface area contributed by atoms with Crippen molar-refractivity contribution in [2.24, 2.45) is 0 Å². The van der Waals surface area contributed by atoms with Crippen molar-refractivity contribution in [3.8, 4) is 5.75 Å². The maximum absolute atomic E-state index is 5.55. The normalized spacial score (nSPS) is 14.8. The Bertz CT molecular complexity index is 548. The molecule has 0 saturated heterocycles. The predicted octanol–water partition coefficient (Wildman–Crippen LogP) is 3.50. The Labute approximate surface area is 119 Å². The molecule has 2 aromatic rings. The Morgan fingerprint density at radius 1 is 1.30 bits per heavy atom. The zero-order chi connectivity index (χ0) is 13.8. The summed E-state index contributed by atoms with van der Waals surface area (Å²) < 4.78 is 11.1. The van der Waals surface area contributed by atoms with E-state index in [0.717, 1.165) is 43.9 Å². The van der Waals surface area contributed by atoms with Crippen LogP contribution < -0.4 is 10.1 Å². The second kappa shape index (κ2) is 6.14. The van der Waals surface area contributed by atoms with Crippen molar-refractivity contribution in [3.63, 3.8) is 0 Å². The Hall–Kier alpha value is -1.74. The van der Waals surface area contributed by atoms with Gasteiger partial charge in [-0.1, -0.05) is 19.1 Å². The molecule has 3 rings (SSSR count). The maximum atomic E-state index is 5.55. The lowest BCUT2D eigenvalue weighted by atomic mass is 10.0. The van der Waals surface area contributed by atoms with Crippen LogP contribution in [0, 0.1) is 0 Å². The van der Waals surface area contributed by atoms with Gasteiger partial charge in [0.2, 0.25) is 0 Å². The molecule has 0 radical (unpaired) electrons. The zero-order valence-electron chi connectivity index (χ0n) is 11.9. The molecule has 1 unspecified atom stereocenters. The fourth-order valence-electron chi connectivity index (χ4n) is 2.79. The average Bonchev–Trinajstić information content (AvgIpc) is 3.13. The van der Waals surface area contributed by atoms with Gasteiger partial charge in [-0.05, 0) is 48.7 Å². The first-order valence-electron chi connectivity index (χ1n) is 7.38. The van der Waals surface area contributed by atoms with E-state index in [1.807, 2.05) is 12.1 Å². The molecule has 1 atom stereocenters. The molecule has 0 saturated carbocycles. The smallest absolute Gasteiger partial charge is 0.122 e. The van der Waals surface area contributed by atoms with Crippen molar-refractivity contribution in [1.29, 1.82) is 0 Å². The second-order valence-electron chi connectivity index (χ2n) is 5.20. The highest BCUT2D eigenvalue weighted by Gasteiger charge is 2.15. The van der Waals surface area contributed by atoms with Crippen LogP contribution in [0.1, 0.15) is 36.3 Å². The molecule has 1 aliphatic rings. The zero-order valence-corrected chi connectivity index (χ0v) is 11.9. The molecule has 2 heterocycles. The molecule has 0 aliphatic carbocycles. The summed E-state index contributed by atoms with van der Waals surface area (Å²) in [6.45, 7) is 3.90. The van der Waals surface area contributed by atoms with Crippen LogP contribution >= 0.6 is 0 Å². The number of benzene rings is 1. The van der Waals surface area contributed by atoms with Crippen LogP contribution in [0.5, 0.6) is 5.75 Å². The van der Waals surface area contributed by atoms with Gasteiger partial charge < -0.3 is 14.5 Å². The van der Waals surface area contributed by atoms with Gasteiger partial charge in [-0.2, -0.15) is 0 Å². The molecule has 20 heavy (non-hydrogen) atoms. The van der Waals surface area contributed by atoms with Gasteiger partial charge >= 0.3 is 0 Å². The van der Waals surface area contributed by atoms with Gasteiger partial charge in [-0.3, -0.25) is 0 Å². The highest BCUT2D eigenvalue weighted by atomic mass is 16.5. The van der Waals surface area contributed by atoms with E-state index < -0.39 is 0 Å². The van der Waals surface area contributed by atoms with Crippen LogP contribution in [0.25, 0.3) is 0 Å². The minimum Gasteiger partial charge on any atom is -0.493 e. The molecule has 1 aromatic heterocycles. The molecule has 0 amide bonds. The summed E-state index contributed by atoms with van der Waals surface area (Å²) in [6, 6.07) is 10.9. The predicted molar refractivity (Wildman–Crippen MR) is 79.1 cm³/mol. The minimum absolute atomic E-state index is 0.291. The quantitative estimate of drug-likeness (QED) is 0.873. The molecular formula is C17H21NO2. The lowest BCUT2D eigenvalue weighted by Crippen LogP contribution is -2.21. The summed E-state index contributed by atoms with van der Waals surface area (Å²) in [7, 11) is 0. The van der Waals surface area contributed by atoms with Crippen molar-refractivity contribution in [2.75, 3.05) is 13.2 Å². The summed E-state index contributed by atoms with van der Waals surface area (Å²) in [5.74, 6) is 2.08. The average molecular weight is 271 g/mol. The van der Waals surface area contributed by atoms with E-state index in [4.69, 9.17) is 9.15 Å². The van der Waals surface area contributed by atoms with Gasteiger partial charge in [0.25, 0.3) is 0 Å². The third kappa shape index (κ3) is 2.88. The molecule has 1 aromatic carbocycles. The molecule has 3 nitrogen and oxygen atoms in total. The summed E-state index contributed by atoms with van der Waals surface area (Å²) in [4.78, 5) is 0. The first kappa shape index (κ1) is 13.3. The maximum Gasteiger partial charge on any atom is 0.122 e. The number of rotatable bonds is 6. The fourth-order valence-corrected chi connectivity index (χ4v) is 2.79. The van der Waals surface area contributed by atoms with Crippen molar-refractivity contribution in [2.45, 2.75) is 32.2 Å². The highest BCUT2D eigenvalue weighted by Crippen LogP contribution is 2.27.